The molecule has 1 unspecified atom stereocenters. The van der Waals surface area contributed by atoms with Gasteiger partial charge in [-0.15, -0.1) is 20.4 Å². The average molecular weight is 412 g/mol. The number of morpholine rings is 1. The average Bonchev–Trinajstić information content (AvgIpc) is 2.81. The number of nitrogens with zero attached hydrogens (tertiary/aromatic N) is 5. The number of nitrogens with one attached hydrogen (secondary N) is 3. The number of rotatable bonds is 7. The molecule has 156 valence electrons. The number of pyridine rings is 1. The maximum atomic E-state index is 12.1. The van der Waals surface area contributed by atoms with Crippen molar-refractivity contribution in [3.8, 4) is 11.5 Å². The van der Waals surface area contributed by atoms with Crippen LogP contribution >= 0.6 is 0 Å². The maximum absolute atomic E-state index is 12.1. The zero-order chi connectivity index (χ0) is 20.8. The smallest absolute Gasteiger partial charge is 0.280 e. The standard InChI is InChI=1S/C18H20N8O4/c1-28-11-2-3-12-13(8-11)20-5-4-14(12)30-10-16(27)21-24-18-25-22-17(23-26-18)15-9-19-6-7-29-15/h2-5,8,15,19H,6-7,9-10H2,1H3,(H,21,27)(H,24,25,26). The fourth-order valence-corrected chi connectivity index (χ4v) is 2.81. The Morgan fingerprint density at radius 2 is 2.13 bits per heavy atom. The highest BCUT2D eigenvalue weighted by Gasteiger charge is 2.19. The van der Waals surface area contributed by atoms with Crippen molar-refractivity contribution < 1.29 is 19.0 Å². The second-order valence-electron chi connectivity index (χ2n) is 6.30. The van der Waals surface area contributed by atoms with Gasteiger partial charge >= 0.3 is 0 Å². The molecule has 0 aliphatic carbocycles. The number of hydrogen-bond acceptors (Lipinski definition) is 11. The number of carbonyl (C=O) groups is 1. The Hall–Kier alpha value is -3.64. The zero-order valence-electron chi connectivity index (χ0n) is 16.2. The number of benzene rings is 1. The zero-order valence-corrected chi connectivity index (χ0v) is 16.2. The number of hydrazine groups is 1. The molecule has 1 saturated heterocycles. The van der Waals surface area contributed by atoms with Crippen LogP contribution in [0.1, 0.15) is 11.9 Å². The lowest BCUT2D eigenvalue weighted by molar-refractivity contribution is -0.122. The van der Waals surface area contributed by atoms with Gasteiger partial charge in [-0.05, 0) is 18.2 Å². The predicted octanol–water partition coefficient (Wildman–Crippen LogP) is 0.00640. The van der Waals surface area contributed by atoms with Crippen LogP contribution in [0.3, 0.4) is 0 Å². The molecule has 12 heteroatoms. The Kier molecular flexibility index (Phi) is 6.06. The molecule has 0 spiro atoms. The molecule has 0 saturated carbocycles. The topological polar surface area (TPSA) is 145 Å². The number of carbonyl (C=O) groups excluding carboxylic acids is 1. The number of aromatic nitrogens is 5. The SMILES string of the molecule is COc1ccc2c(OCC(=O)NNc3nnc(C4CNCCO4)nn3)ccnc2c1. The van der Waals surface area contributed by atoms with Crippen molar-refractivity contribution in [1.29, 1.82) is 0 Å². The number of ether oxygens (including phenoxy) is 3. The second kappa shape index (κ2) is 9.24. The van der Waals surface area contributed by atoms with Crippen LogP contribution in [0.5, 0.6) is 11.5 Å². The summed E-state index contributed by atoms with van der Waals surface area (Å²) < 4.78 is 16.3. The molecular formula is C18H20N8O4. The van der Waals surface area contributed by atoms with E-state index in [4.69, 9.17) is 14.2 Å². The lowest BCUT2D eigenvalue weighted by Gasteiger charge is -2.21. The summed E-state index contributed by atoms with van der Waals surface area (Å²) in [7, 11) is 1.59. The van der Waals surface area contributed by atoms with E-state index in [2.05, 4.69) is 41.5 Å². The number of fused-ring (bicyclic) bond motifs is 1. The summed E-state index contributed by atoms with van der Waals surface area (Å²) in [6.45, 7) is 1.73. The molecule has 1 aromatic carbocycles. The Morgan fingerprint density at radius 3 is 2.90 bits per heavy atom. The number of hydrogen-bond donors (Lipinski definition) is 3. The van der Waals surface area contributed by atoms with Crippen LogP contribution in [0.4, 0.5) is 5.95 Å². The van der Waals surface area contributed by atoms with E-state index in [0.29, 0.717) is 36.0 Å². The van der Waals surface area contributed by atoms with Crippen LogP contribution in [0.25, 0.3) is 10.9 Å². The van der Waals surface area contributed by atoms with E-state index in [0.717, 1.165) is 11.9 Å². The number of amides is 1. The highest BCUT2D eigenvalue weighted by molar-refractivity contribution is 5.86. The van der Waals surface area contributed by atoms with Crippen molar-refractivity contribution >= 4 is 22.8 Å². The molecule has 4 rings (SSSR count). The quantitative estimate of drug-likeness (QED) is 0.451. The van der Waals surface area contributed by atoms with Crippen molar-refractivity contribution in [2.45, 2.75) is 6.10 Å². The molecule has 2 aromatic heterocycles. The van der Waals surface area contributed by atoms with E-state index in [1.54, 1.807) is 31.5 Å². The van der Waals surface area contributed by atoms with E-state index >= 15 is 0 Å². The van der Waals surface area contributed by atoms with Crippen LogP contribution in [0.15, 0.2) is 30.5 Å². The van der Waals surface area contributed by atoms with Gasteiger partial charge in [-0.1, -0.05) is 0 Å². The third-order valence-corrected chi connectivity index (χ3v) is 4.29. The Morgan fingerprint density at radius 1 is 1.27 bits per heavy atom. The molecule has 1 amide bonds. The first kappa shape index (κ1) is 19.7. The molecule has 0 bridgehead atoms. The summed E-state index contributed by atoms with van der Waals surface area (Å²) in [4.78, 5) is 16.4. The van der Waals surface area contributed by atoms with Crippen molar-refractivity contribution in [2.75, 3.05) is 38.8 Å². The van der Waals surface area contributed by atoms with Gasteiger partial charge in [-0.2, -0.15) is 0 Å². The van der Waals surface area contributed by atoms with Crippen molar-refractivity contribution in [3.05, 3.63) is 36.3 Å². The first-order chi connectivity index (χ1) is 14.7. The lowest BCUT2D eigenvalue weighted by atomic mass is 10.2. The Bertz CT molecular complexity index is 1010. The molecule has 12 nitrogen and oxygen atoms in total. The van der Waals surface area contributed by atoms with E-state index < -0.39 is 5.91 Å². The van der Waals surface area contributed by atoms with E-state index in [-0.39, 0.29) is 18.7 Å². The minimum absolute atomic E-state index is 0.0531. The summed E-state index contributed by atoms with van der Waals surface area (Å²) >= 11 is 0. The molecule has 1 atom stereocenters. The third kappa shape index (κ3) is 4.67. The molecule has 1 aliphatic rings. The monoisotopic (exact) mass is 412 g/mol. The summed E-state index contributed by atoms with van der Waals surface area (Å²) in [6.07, 6.45) is 1.32. The fraction of sp³-hybridized carbons (Fsp3) is 0.333. The van der Waals surface area contributed by atoms with Gasteiger partial charge in [0.1, 0.15) is 17.6 Å². The third-order valence-electron chi connectivity index (χ3n) is 4.29. The number of methoxy groups -OCH3 is 1. The van der Waals surface area contributed by atoms with Gasteiger partial charge in [-0.3, -0.25) is 20.6 Å². The summed E-state index contributed by atoms with van der Waals surface area (Å²) in [5, 5.41) is 19.7. The van der Waals surface area contributed by atoms with Gasteiger partial charge in [0.25, 0.3) is 11.9 Å². The Balaban J connectivity index is 1.29. The van der Waals surface area contributed by atoms with Crippen molar-refractivity contribution in [1.82, 2.24) is 36.1 Å². The summed E-state index contributed by atoms with van der Waals surface area (Å²) in [5.41, 5.74) is 5.69. The predicted molar refractivity (Wildman–Crippen MR) is 105 cm³/mol. The second-order valence-corrected chi connectivity index (χ2v) is 6.30. The van der Waals surface area contributed by atoms with E-state index in [1.807, 2.05) is 6.07 Å². The first-order valence-electron chi connectivity index (χ1n) is 9.23. The van der Waals surface area contributed by atoms with Gasteiger partial charge < -0.3 is 19.5 Å². The molecule has 0 radical (unpaired) electrons. The lowest BCUT2D eigenvalue weighted by Crippen LogP contribution is -2.36. The van der Waals surface area contributed by atoms with Gasteiger partial charge in [0.2, 0.25) is 5.82 Å². The molecule has 1 aliphatic heterocycles. The molecule has 3 heterocycles. The molecule has 3 N–H and O–H groups in total. The molecule has 3 aromatic rings. The molecule has 1 fully saturated rings. The van der Waals surface area contributed by atoms with E-state index in [1.165, 1.54) is 0 Å². The van der Waals surface area contributed by atoms with Crippen molar-refractivity contribution in [2.24, 2.45) is 0 Å². The van der Waals surface area contributed by atoms with Crippen LogP contribution in [0.2, 0.25) is 0 Å². The Labute approximate surface area is 171 Å². The minimum Gasteiger partial charge on any atom is -0.497 e. The van der Waals surface area contributed by atoms with Crippen molar-refractivity contribution in [3.63, 3.8) is 0 Å². The fourth-order valence-electron chi connectivity index (χ4n) is 2.81. The highest BCUT2D eigenvalue weighted by atomic mass is 16.5. The highest BCUT2D eigenvalue weighted by Crippen LogP contribution is 2.26. The maximum Gasteiger partial charge on any atom is 0.280 e. The normalized spacial score (nSPS) is 16.1. The largest absolute Gasteiger partial charge is 0.497 e. The van der Waals surface area contributed by atoms with Gasteiger partial charge in [0.15, 0.2) is 6.61 Å². The minimum atomic E-state index is -0.430. The molecule has 30 heavy (non-hydrogen) atoms. The van der Waals surface area contributed by atoms with Crippen LogP contribution < -0.4 is 25.6 Å². The first-order valence-corrected chi connectivity index (χ1v) is 9.23. The van der Waals surface area contributed by atoms with Crippen LogP contribution in [-0.4, -0.2) is 64.7 Å². The van der Waals surface area contributed by atoms with Gasteiger partial charge in [-0.25, -0.2) is 0 Å². The van der Waals surface area contributed by atoms with E-state index in [9.17, 15) is 4.79 Å². The van der Waals surface area contributed by atoms with Crippen LogP contribution in [-0.2, 0) is 9.53 Å². The summed E-state index contributed by atoms with van der Waals surface area (Å²) in [5.74, 6) is 1.22. The molecular weight excluding hydrogens is 392 g/mol. The summed E-state index contributed by atoms with van der Waals surface area (Å²) in [6, 6.07) is 7.10. The van der Waals surface area contributed by atoms with Crippen LogP contribution in [0, 0.1) is 0 Å². The number of anilines is 1. The van der Waals surface area contributed by atoms with Gasteiger partial charge in [0, 0.05) is 30.7 Å². The van der Waals surface area contributed by atoms with Gasteiger partial charge in [0.05, 0.1) is 19.2 Å².